The monoisotopic (exact) mass is 432 g/mol. The largest absolute Gasteiger partial charge is 0.361 e. The van der Waals surface area contributed by atoms with E-state index in [0.29, 0.717) is 12.8 Å². The molecule has 1 N–H and O–H groups in total. The first-order valence-electron chi connectivity index (χ1n) is 9.91. The van der Waals surface area contributed by atoms with Gasteiger partial charge in [-0.1, -0.05) is 48.5 Å². The number of thiocarbonyl (C=S) groups is 1. The van der Waals surface area contributed by atoms with Gasteiger partial charge in [0.2, 0.25) is 16.9 Å². The van der Waals surface area contributed by atoms with Crippen molar-refractivity contribution in [3.05, 3.63) is 71.9 Å². The molecule has 8 heteroatoms. The Morgan fingerprint density at radius 1 is 1.06 bits per heavy atom. The van der Waals surface area contributed by atoms with Crippen molar-refractivity contribution in [3.63, 3.8) is 0 Å². The van der Waals surface area contributed by atoms with Gasteiger partial charge in [-0.2, -0.15) is 10.1 Å². The molecular weight excluding hydrogens is 412 g/mol. The predicted octanol–water partition coefficient (Wildman–Crippen LogP) is 3.40. The van der Waals surface area contributed by atoms with Gasteiger partial charge in [-0.05, 0) is 42.3 Å². The summed E-state index contributed by atoms with van der Waals surface area (Å²) in [6.45, 7) is 0. The Morgan fingerprint density at radius 3 is 2.61 bits per heavy atom. The van der Waals surface area contributed by atoms with Crippen molar-refractivity contribution in [2.45, 2.75) is 25.7 Å². The number of hydrazone groups is 1. The normalized spacial score (nSPS) is 14.8. The number of para-hydroxylation sites is 1. The maximum atomic E-state index is 12.8. The Morgan fingerprint density at radius 2 is 1.81 bits per heavy atom. The van der Waals surface area contributed by atoms with Crippen LogP contribution in [0.15, 0.2) is 65.9 Å². The Labute approximate surface area is 184 Å². The highest BCUT2D eigenvalue weighted by Crippen LogP contribution is 2.21. The summed E-state index contributed by atoms with van der Waals surface area (Å²) in [5, 5.41) is 5.96. The number of aromatic amines is 1. The molecule has 0 radical (unpaired) electrons. The van der Waals surface area contributed by atoms with Crippen LogP contribution in [0.1, 0.15) is 30.4 Å². The molecule has 7 nitrogen and oxygen atoms in total. The average Bonchev–Trinajstić information content (AvgIpc) is 3.17. The number of hydrogen-bond donors (Lipinski definition) is 1. The predicted molar refractivity (Wildman–Crippen MR) is 121 cm³/mol. The minimum absolute atomic E-state index is 0.135. The first-order valence-corrected chi connectivity index (χ1v) is 10.3. The van der Waals surface area contributed by atoms with Gasteiger partial charge in [0.15, 0.2) is 0 Å². The highest BCUT2D eigenvalue weighted by atomic mass is 32.1. The van der Waals surface area contributed by atoms with Gasteiger partial charge in [0.25, 0.3) is 5.91 Å². The molecule has 0 saturated carbocycles. The highest BCUT2D eigenvalue weighted by Gasteiger charge is 2.38. The van der Waals surface area contributed by atoms with E-state index < -0.39 is 24.1 Å². The number of hydrogen-bond acceptors (Lipinski definition) is 5. The van der Waals surface area contributed by atoms with Crippen LogP contribution in [-0.4, -0.2) is 43.9 Å². The number of carbonyl (C=O) groups is 3. The number of nitrogens with one attached hydrogen (secondary N) is 1. The van der Waals surface area contributed by atoms with Crippen LogP contribution in [0.2, 0.25) is 0 Å². The van der Waals surface area contributed by atoms with E-state index in [0.717, 1.165) is 31.9 Å². The van der Waals surface area contributed by atoms with E-state index in [1.165, 1.54) is 6.21 Å². The number of imide groups is 1. The lowest BCUT2D eigenvalue weighted by Gasteiger charge is -2.30. The SMILES string of the molecule is O=C1CC(=O)N(C(=O)CCCc2c[nH]c3ccccc23)C(=S)N1/N=C/c1ccccc1. The molecular formula is C23H20N4O3S. The Balaban J connectivity index is 1.41. The first-order chi connectivity index (χ1) is 15.0. The minimum atomic E-state index is -0.613. The van der Waals surface area contributed by atoms with Crippen molar-refractivity contribution in [2.75, 3.05) is 0 Å². The Bertz CT molecular complexity index is 1190. The van der Waals surface area contributed by atoms with Crippen LogP contribution < -0.4 is 0 Å². The van der Waals surface area contributed by atoms with Crippen molar-refractivity contribution in [3.8, 4) is 0 Å². The summed E-state index contributed by atoms with van der Waals surface area (Å²) in [5.41, 5.74) is 2.92. The summed E-state index contributed by atoms with van der Waals surface area (Å²) in [7, 11) is 0. The molecule has 2 heterocycles. The topological polar surface area (TPSA) is 85.8 Å². The molecule has 1 aliphatic heterocycles. The van der Waals surface area contributed by atoms with E-state index in [-0.39, 0.29) is 11.5 Å². The molecule has 0 aliphatic carbocycles. The van der Waals surface area contributed by atoms with E-state index >= 15 is 0 Å². The Kier molecular flexibility index (Phi) is 5.99. The number of rotatable bonds is 6. The van der Waals surface area contributed by atoms with E-state index in [4.69, 9.17) is 12.2 Å². The number of fused-ring (bicyclic) bond motifs is 1. The zero-order valence-corrected chi connectivity index (χ0v) is 17.5. The average molecular weight is 433 g/mol. The molecule has 156 valence electrons. The zero-order valence-electron chi connectivity index (χ0n) is 16.7. The second-order valence-electron chi connectivity index (χ2n) is 7.16. The van der Waals surface area contributed by atoms with Gasteiger partial charge < -0.3 is 4.98 Å². The van der Waals surface area contributed by atoms with Crippen molar-refractivity contribution >= 4 is 52.2 Å². The maximum absolute atomic E-state index is 12.8. The third-order valence-electron chi connectivity index (χ3n) is 5.04. The van der Waals surface area contributed by atoms with E-state index in [9.17, 15) is 14.4 Å². The van der Waals surface area contributed by atoms with Gasteiger partial charge in [0, 0.05) is 23.5 Å². The second kappa shape index (κ2) is 9.01. The van der Waals surface area contributed by atoms with Crippen LogP contribution in [0.4, 0.5) is 0 Å². The van der Waals surface area contributed by atoms with Gasteiger partial charge in [0.05, 0.1) is 6.21 Å². The summed E-state index contributed by atoms with van der Waals surface area (Å²) in [6.07, 6.45) is 4.33. The van der Waals surface area contributed by atoms with Gasteiger partial charge in [-0.25, -0.2) is 4.90 Å². The van der Waals surface area contributed by atoms with Crippen molar-refractivity contribution in [1.82, 2.24) is 14.9 Å². The van der Waals surface area contributed by atoms with Crippen LogP contribution in [-0.2, 0) is 20.8 Å². The second-order valence-corrected chi connectivity index (χ2v) is 7.52. The quantitative estimate of drug-likeness (QED) is 0.368. The fourth-order valence-corrected chi connectivity index (χ4v) is 3.85. The van der Waals surface area contributed by atoms with Crippen LogP contribution in [0.25, 0.3) is 10.9 Å². The third-order valence-corrected chi connectivity index (χ3v) is 5.40. The molecule has 0 spiro atoms. The van der Waals surface area contributed by atoms with Crippen LogP contribution in [0.5, 0.6) is 0 Å². The first kappa shape index (κ1) is 20.6. The molecule has 3 amide bonds. The lowest BCUT2D eigenvalue weighted by atomic mass is 10.1. The lowest BCUT2D eigenvalue weighted by Crippen LogP contribution is -2.55. The van der Waals surface area contributed by atoms with Gasteiger partial charge in [-0.3, -0.25) is 14.4 Å². The minimum Gasteiger partial charge on any atom is -0.361 e. The van der Waals surface area contributed by atoms with E-state index in [1.807, 2.05) is 60.8 Å². The fraction of sp³-hybridized carbons (Fsp3) is 0.174. The van der Waals surface area contributed by atoms with Gasteiger partial charge >= 0.3 is 0 Å². The summed E-state index contributed by atoms with van der Waals surface area (Å²) in [4.78, 5) is 41.5. The van der Waals surface area contributed by atoms with Gasteiger partial charge in [0.1, 0.15) is 6.42 Å². The molecule has 0 atom stereocenters. The van der Waals surface area contributed by atoms with Crippen molar-refractivity contribution < 1.29 is 14.4 Å². The molecule has 1 saturated heterocycles. The number of nitrogens with zero attached hydrogens (tertiary/aromatic N) is 3. The highest BCUT2D eigenvalue weighted by molar-refractivity contribution is 7.80. The molecule has 31 heavy (non-hydrogen) atoms. The summed E-state index contributed by atoms with van der Waals surface area (Å²) >= 11 is 5.26. The fourth-order valence-electron chi connectivity index (χ4n) is 3.49. The smallest absolute Gasteiger partial charge is 0.258 e. The summed E-state index contributed by atoms with van der Waals surface area (Å²) in [5.74, 6) is -1.59. The molecule has 1 aromatic heterocycles. The van der Waals surface area contributed by atoms with E-state index in [2.05, 4.69) is 10.1 Å². The molecule has 2 aromatic carbocycles. The number of H-pyrrole nitrogens is 1. The summed E-state index contributed by atoms with van der Waals surface area (Å²) < 4.78 is 0. The van der Waals surface area contributed by atoms with E-state index in [1.54, 1.807) is 0 Å². The van der Waals surface area contributed by atoms with Crippen LogP contribution in [0, 0.1) is 0 Å². The standard InChI is InChI=1S/C23H20N4O3S/c28-20(12-6-9-17-15-24-19-11-5-4-10-18(17)19)26-21(29)13-22(30)27(23(26)31)25-14-16-7-2-1-3-8-16/h1-5,7-8,10-11,14-15,24H,6,9,12-13H2/b25-14+. The zero-order chi connectivity index (χ0) is 21.8. The third kappa shape index (κ3) is 4.44. The molecule has 1 aliphatic rings. The van der Waals surface area contributed by atoms with Crippen LogP contribution in [0.3, 0.4) is 0 Å². The number of aromatic nitrogens is 1. The van der Waals surface area contributed by atoms with Crippen molar-refractivity contribution in [1.29, 1.82) is 0 Å². The maximum Gasteiger partial charge on any atom is 0.258 e. The van der Waals surface area contributed by atoms with Crippen LogP contribution >= 0.6 is 12.2 Å². The number of amides is 3. The Hall–Kier alpha value is -3.65. The molecule has 0 bridgehead atoms. The van der Waals surface area contributed by atoms with Crippen molar-refractivity contribution in [2.24, 2.45) is 5.10 Å². The molecule has 3 aromatic rings. The summed E-state index contributed by atoms with van der Waals surface area (Å²) in [6, 6.07) is 17.1. The molecule has 1 fully saturated rings. The molecule has 0 unspecified atom stereocenters. The molecule has 4 rings (SSSR count). The lowest BCUT2D eigenvalue weighted by molar-refractivity contribution is -0.146. The number of benzene rings is 2. The number of carbonyl (C=O) groups excluding carboxylic acids is 3. The number of aryl methyl sites for hydroxylation is 1. The van der Waals surface area contributed by atoms with Gasteiger partial charge in [-0.15, -0.1) is 0 Å².